The van der Waals surface area contributed by atoms with Gasteiger partial charge in [-0.2, -0.15) is 0 Å². The van der Waals surface area contributed by atoms with E-state index in [1.165, 1.54) is 0 Å². The molecule has 0 aromatic carbocycles. The van der Waals surface area contributed by atoms with Crippen molar-refractivity contribution in [1.82, 2.24) is 10.2 Å². The fraction of sp³-hybridized carbons (Fsp3) is 0.900. The van der Waals surface area contributed by atoms with Crippen LogP contribution in [-0.4, -0.2) is 65.4 Å². The number of carbonyl (C=O) groups is 1. The molecule has 0 aromatic heterocycles. The molecule has 2 unspecified atom stereocenters. The van der Waals surface area contributed by atoms with Gasteiger partial charge in [-0.1, -0.05) is 0 Å². The predicted octanol–water partition coefficient (Wildman–Crippen LogP) is -1.05. The summed E-state index contributed by atoms with van der Waals surface area (Å²) in [5, 5.41) is 3.17. The van der Waals surface area contributed by atoms with Gasteiger partial charge in [0.15, 0.2) is 0 Å². The predicted molar refractivity (Wildman–Crippen MR) is 61.7 cm³/mol. The summed E-state index contributed by atoms with van der Waals surface area (Å²) in [7, 11) is 0.943. The van der Waals surface area contributed by atoms with Crippen LogP contribution in [0.2, 0.25) is 0 Å². The fourth-order valence-electron chi connectivity index (χ4n) is 2.15. The van der Waals surface area contributed by atoms with Crippen LogP contribution in [0.25, 0.3) is 0 Å². The van der Waals surface area contributed by atoms with Crippen molar-refractivity contribution in [2.24, 2.45) is 0 Å². The summed E-state index contributed by atoms with van der Waals surface area (Å²) in [6.45, 7) is 2.00. The summed E-state index contributed by atoms with van der Waals surface area (Å²) in [5.41, 5.74) is 0. The van der Waals surface area contributed by atoms with Gasteiger partial charge in [-0.25, -0.2) is 0 Å². The van der Waals surface area contributed by atoms with E-state index in [-0.39, 0.29) is 18.1 Å². The van der Waals surface area contributed by atoms with E-state index >= 15 is 0 Å². The van der Waals surface area contributed by atoms with Gasteiger partial charge in [-0.05, 0) is 6.42 Å². The Morgan fingerprint density at radius 2 is 2.12 bits per heavy atom. The number of amides is 1. The van der Waals surface area contributed by atoms with Gasteiger partial charge in [0.25, 0.3) is 0 Å². The fourth-order valence-corrected chi connectivity index (χ4v) is 3.20. The minimum absolute atomic E-state index is 0.114. The lowest BCUT2D eigenvalue weighted by atomic mass is 10.2. The van der Waals surface area contributed by atoms with E-state index in [4.69, 9.17) is 4.74 Å². The number of rotatable bonds is 2. The molecule has 2 atom stereocenters. The van der Waals surface area contributed by atoms with E-state index in [0.717, 1.165) is 13.0 Å². The smallest absolute Gasteiger partial charge is 0.239 e. The molecule has 2 aliphatic heterocycles. The lowest BCUT2D eigenvalue weighted by Gasteiger charge is -2.28. The van der Waals surface area contributed by atoms with Gasteiger partial charge in [0.05, 0.1) is 12.1 Å². The standard InChI is InChI=1S/C10H18N2O3S/c1-15-8-6-9(11-7-8)10(13)12-2-4-16(14)5-3-12/h8-9,11H,2-7H2,1H3. The molecule has 0 spiro atoms. The van der Waals surface area contributed by atoms with Crippen LogP contribution in [0.1, 0.15) is 6.42 Å². The molecule has 0 radical (unpaired) electrons. The molecule has 2 aliphatic rings. The van der Waals surface area contributed by atoms with Gasteiger partial charge in [0, 0.05) is 49.0 Å². The second-order valence-electron chi connectivity index (χ2n) is 4.23. The Kier molecular flexibility index (Phi) is 3.94. The first kappa shape index (κ1) is 12.0. The van der Waals surface area contributed by atoms with Gasteiger partial charge in [0.2, 0.25) is 5.91 Å². The Morgan fingerprint density at radius 3 is 2.69 bits per heavy atom. The summed E-state index contributed by atoms with van der Waals surface area (Å²) in [5.74, 6) is 1.37. The Labute approximate surface area is 98.0 Å². The first-order chi connectivity index (χ1) is 7.70. The average Bonchev–Trinajstić information content (AvgIpc) is 2.77. The third-order valence-electron chi connectivity index (χ3n) is 3.21. The monoisotopic (exact) mass is 246 g/mol. The molecule has 2 fully saturated rings. The maximum atomic E-state index is 12.1. The minimum atomic E-state index is -0.727. The number of methoxy groups -OCH3 is 1. The first-order valence-corrected chi connectivity index (χ1v) is 7.09. The van der Waals surface area contributed by atoms with Crippen molar-refractivity contribution < 1.29 is 13.7 Å². The molecule has 92 valence electrons. The number of hydrogen-bond acceptors (Lipinski definition) is 4. The summed E-state index contributed by atoms with van der Waals surface area (Å²) in [6.07, 6.45) is 0.891. The summed E-state index contributed by atoms with van der Waals surface area (Å²) in [4.78, 5) is 13.9. The van der Waals surface area contributed by atoms with Crippen LogP contribution in [0, 0.1) is 0 Å². The highest BCUT2D eigenvalue weighted by molar-refractivity contribution is 7.85. The van der Waals surface area contributed by atoms with E-state index in [0.29, 0.717) is 24.6 Å². The van der Waals surface area contributed by atoms with Crippen molar-refractivity contribution in [2.45, 2.75) is 18.6 Å². The molecule has 1 amide bonds. The van der Waals surface area contributed by atoms with Crippen molar-refractivity contribution in [1.29, 1.82) is 0 Å². The Morgan fingerprint density at radius 1 is 1.44 bits per heavy atom. The Balaban J connectivity index is 1.86. The second-order valence-corrected chi connectivity index (χ2v) is 5.92. The lowest BCUT2D eigenvalue weighted by Crippen LogP contribution is -2.48. The molecule has 0 aromatic rings. The number of carbonyl (C=O) groups excluding carboxylic acids is 1. The van der Waals surface area contributed by atoms with Crippen molar-refractivity contribution in [2.75, 3.05) is 38.2 Å². The Bertz CT molecular complexity index is 288. The number of nitrogens with zero attached hydrogens (tertiary/aromatic N) is 1. The number of hydrogen-bond donors (Lipinski definition) is 1. The van der Waals surface area contributed by atoms with Crippen LogP contribution in [-0.2, 0) is 20.3 Å². The molecular weight excluding hydrogens is 228 g/mol. The van der Waals surface area contributed by atoms with Crippen LogP contribution < -0.4 is 5.32 Å². The third-order valence-corrected chi connectivity index (χ3v) is 4.49. The van der Waals surface area contributed by atoms with Gasteiger partial charge in [-0.3, -0.25) is 9.00 Å². The highest BCUT2D eigenvalue weighted by atomic mass is 32.2. The van der Waals surface area contributed by atoms with E-state index in [1.54, 1.807) is 7.11 Å². The molecule has 0 saturated carbocycles. The zero-order valence-corrected chi connectivity index (χ0v) is 10.3. The van der Waals surface area contributed by atoms with E-state index in [1.807, 2.05) is 4.90 Å². The average molecular weight is 246 g/mol. The molecule has 2 saturated heterocycles. The molecule has 0 bridgehead atoms. The SMILES string of the molecule is COC1CNC(C(=O)N2CCS(=O)CC2)C1. The maximum Gasteiger partial charge on any atom is 0.239 e. The van der Waals surface area contributed by atoms with Crippen LogP contribution >= 0.6 is 0 Å². The van der Waals surface area contributed by atoms with E-state index in [9.17, 15) is 9.00 Å². The van der Waals surface area contributed by atoms with Gasteiger partial charge in [-0.15, -0.1) is 0 Å². The maximum absolute atomic E-state index is 12.1. The van der Waals surface area contributed by atoms with E-state index in [2.05, 4.69) is 5.32 Å². The largest absolute Gasteiger partial charge is 0.380 e. The zero-order valence-electron chi connectivity index (χ0n) is 9.48. The highest BCUT2D eigenvalue weighted by Crippen LogP contribution is 2.13. The summed E-state index contributed by atoms with van der Waals surface area (Å²) >= 11 is 0. The molecule has 5 nitrogen and oxygen atoms in total. The molecule has 2 heterocycles. The second kappa shape index (κ2) is 5.25. The van der Waals surface area contributed by atoms with Gasteiger partial charge in [0.1, 0.15) is 0 Å². The summed E-state index contributed by atoms with van der Waals surface area (Å²) in [6, 6.07) is -0.114. The van der Waals surface area contributed by atoms with Crippen molar-refractivity contribution in [3.8, 4) is 0 Å². The number of ether oxygens (including phenoxy) is 1. The quantitative estimate of drug-likeness (QED) is 0.676. The molecule has 0 aliphatic carbocycles. The molecule has 1 N–H and O–H groups in total. The Hall–Kier alpha value is -0.460. The number of nitrogens with one attached hydrogen (secondary N) is 1. The first-order valence-electron chi connectivity index (χ1n) is 5.60. The van der Waals surface area contributed by atoms with Crippen LogP contribution in [0.3, 0.4) is 0 Å². The topological polar surface area (TPSA) is 58.6 Å². The minimum Gasteiger partial charge on any atom is -0.380 e. The highest BCUT2D eigenvalue weighted by Gasteiger charge is 2.33. The summed E-state index contributed by atoms with van der Waals surface area (Å²) < 4.78 is 16.4. The molecule has 2 rings (SSSR count). The van der Waals surface area contributed by atoms with Crippen LogP contribution in [0.4, 0.5) is 0 Å². The van der Waals surface area contributed by atoms with Crippen molar-refractivity contribution in [3.63, 3.8) is 0 Å². The normalized spacial score (nSPS) is 31.9. The lowest BCUT2D eigenvalue weighted by molar-refractivity contribution is -0.132. The zero-order chi connectivity index (χ0) is 11.5. The van der Waals surface area contributed by atoms with Crippen molar-refractivity contribution >= 4 is 16.7 Å². The van der Waals surface area contributed by atoms with Gasteiger partial charge < -0.3 is 15.0 Å². The molecule has 6 heteroatoms. The van der Waals surface area contributed by atoms with Crippen LogP contribution in [0.5, 0.6) is 0 Å². The van der Waals surface area contributed by atoms with Gasteiger partial charge >= 0.3 is 0 Å². The van der Waals surface area contributed by atoms with Crippen molar-refractivity contribution in [3.05, 3.63) is 0 Å². The molecule has 16 heavy (non-hydrogen) atoms. The third kappa shape index (κ3) is 2.61. The molecular formula is C10H18N2O3S. The van der Waals surface area contributed by atoms with Crippen LogP contribution in [0.15, 0.2) is 0 Å². The van der Waals surface area contributed by atoms with E-state index < -0.39 is 10.8 Å².